The van der Waals surface area contributed by atoms with Gasteiger partial charge in [-0.2, -0.15) is 0 Å². The third-order valence-electron chi connectivity index (χ3n) is 8.22. The second-order valence-corrected chi connectivity index (χ2v) is 11.4. The van der Waals surface area contributed by atoms with E-state index < -0.39 is 17.1 Å². The maximum Gasteiger partial charge on any atom is 0.200 e. The summed E-state index contributed by atoms with van der Waals surface area (Å²) < 4.78 is 13.3. The minimum atomic E-state index is -1.34. The number of aromatic hydroxyl groups is 2. The lowest BCUT2D eigenvalue weighted by atomic mass is 9.49. The van der Waals surface area contributed by atoms with Crippen LogP contribution in [0.1, 0.15) is 50.0 Å². The molecule has 3 aliphatic carbocycles. The lowest BCUT2D eigenvalue weighted by Gasteiger charge is -2.58. The topological polar surface area (TPSA) is 96.3 Å². The van der Waals surface area contributed by atoms with Crippen LogP contribution >= 0.6 is 0 Å². The molecule has 1 unspecified atom stereocenters. The van der Waals surface area contributed by atoms with Crippen LogP contribution in [-0.4, -0.2) is 65.1 Å². The standard InChI is InChI=1S/C29H35NO6/c1-15(2)7-8-17-22(31)12-23(32)24-25(33)20-11-18-19(13-30(5)6)21-14-35-28(27(18)34,10-9-16(3)4)29(20,21)36-26(17)24/h7,9,11-12,18-19,21,31-32H,8,10,13-14H2,1-6H3/t18-,19+,21-,28?,29-/m1/s1. The third kappa shape index (κ3) is 3.18. The zero-order valence-electron chi connectivity index (χ0n) is 21.8. The van der Waals surface area contributed by atoms with Crippen LogP contribution in [0.5, 0.6) is 17.2 Å². The van der Waals surface area contributed by atoms with Crippen molar-refractivity contribution in [3.63, 3.8) is 0 Å². The Labute approximate surface area is 212 Å². The second kappa shape index (κ2) is 8.32. The van der Waals surface area contributed by atoms with Gasteiger partial charge in [-0.15, -0.1) is 0 Å². The number of hydrogen-bond donors (Lipinski definition) is 2. The second-order valence-electron chi connectivity index (χ2n) is 11.4. The summed E-state index contributed by atoms with van der Waals surface area (Å²) in [6.07, 6.45) is 6.30. The number of hydrogen-bond acceptors (Lipinski definition) is 7. The zero-order valence-corrected chi connectivity index (χ0v) is 21.8. The van der Waals surface area contributed by atoms with Crippen molar-refractivity contribution in [1.29, 1.82) is 0 Å². The van der Waals surface area contributed by atoms with E-state index >= 15 is 0 Å². The molecular formula is C29H35NO6. The summed E-state index contributed by atoms with van der Waals surface area (Å²) in [5.74, 6) is -1.52. The van der Waals surface area contributed by atoms with Gasteiger partial charge in [-0.1, -0.05) is 29.4 Å². The molecule has 5 aliphatic rings. The van der Waals surface area contributed by atoms with E-state index in [-0.39, 0.29) is 46.2 Å². The highest BCUT2D eigenvalue weighted by Crippen LogP contribution is 2.65. The number of Topliss-reactive ketones (excluding diaryl/α,β-unsaturated/α-hetero) is 2. The predicted octanol–water partition coefficient (Wildman–Crippen LogP) is 3.98. The van der Waals surface area contributed by atoms with Gasteiger partial charge in [0.1, 0.15) is 22.8 Å². The van der Waals surface area contributed by atoms with Gasteiger partial charge in [0.2, 0.25) is 0 Å². The first-order valence-corrected chi connectivity index (χ1v) is 12.6. The lowest BCUT2D eigenvalue weighted by Crippen LogP contribution is -2.74. The van der Waals surface area contributed by atoms with Gasteiger partial charge in [-0.3, -0.25) is 9.59 Å². The van der Waals surface area contributed by atoms with Crippen LogP contribution in [0.15, 0.2) is 41.0 Å². The van der Waals surface area contributed by atoms with E-state index in [9.17, 15) is 19.8 Å². The van der Waals surface area contributed by atoms with E-state index in [2.05, 4.69) is 4.90 Å². The molecular weight excluding hydrogens is 458 g/mol. The Kier molecular flexibility index (Phi) is 5.72. The van der Waals surface area contributed by atoms with E-state index in [1.54, 1.807) is 6.08 Å². The van der Waals surface area contributed by atoms with Gasteiger partial charge in [0.05, 0.1) is 6.61 Å². The summed E-state index contributed by atoms with van der Waals surface area (Å²) in [7, 11) is 3.94. The molecule has 0 radical (unpaired) electrons. The summed E-state index contributed by atoms with van der Waals surface area (Å²) in [5.41, 5.74) is 0.284. The van der Waals surface area contributed by atoms with Crippen molar-refractivity contribution in [2.24, 2.45) is 17.8 Å². The van der Waals surface area contributed by atoms with Crippen molar-refractivity contribution < 1.29 is 29.3 Å². The Morgan fingerprint density at radius 2 is 1.81 bits per heavy atom. The predicted molar refractivity (Wildman–Crippen MR) is 135 cm³/mol. The van der Waals surface area contributed by atoms with Crippen LogP contribution in [0, 0.1) is 17.8 Å². The summed E-state index contributed by atoms with van der Waals surface area (Å²) in [6.45, 7) is 8.78. The van der Waals surface area contributed by atoms with Gasteiger partial charge in [-0.05, 0) is 54.1 Å². The smallest absolute Gasteiger partial charge is 0.200 e. The fraction of sp³-hybridized carbons (Fsp3) is 0.517. The molecule has 1 aromatic carbocycles. The SMILES string of the molecule is CC(C)=CCc1c(O)cc(O)c2c1O[C@@]13C(=C[C@H]4C(=O)C1(CC=C(C)C)OC[C@@H]3[C@H]4CN(C)C)C2=O. The van der Waals surface area contributed by atoms with Gasteiger partial charge < -0.3 is 24.6 Å². The number of phenols is 2. The summed E-state index contributed by atoms with van der Waals surface area (Å²) in [5, 5.41) is 21.6. The Morgan fingerprint density at radius 1 is 1.11 bits per heavy atom. The average Bonchev–Trinajstić information content (AvgIpc) is 3.06. The molecule has 5 atom stereocenters. The van der Waals surface area contributed by atoms with Crippen molar-refractivity contribution in [3.05, 3.63) is 52.1 Å². The molecule has 1 saturated carbocycles. The monoisotopic (exact) mass is 493 g/mol. The van der Waals surface area contributed by atoms with Crippen molar-refractivity contribution in [3.8, 4) is 17.2 Å². The van der Waals surface area contributed by atoms with E-state index in [1.807, 2.05) is 53.9 Å². The van der Waals surface area contributed by atoms with E-state index in [0.717, 1.165) is 11.1 Å². The van der Waals surface area contributed by atoms with Gasteiger partial charge in [0.15, 0.2) is 22.8 Å². The Hall–Kier alpha value is -2.90. The first-order valence-electron chi connectivity index (χ1n) is 12.6. The number of fused-ring (bicyclic) bond motifs is 1. The highest BCUT2D eigenvalue weighted by molar-refractivity contribution is 6.18. The molecule has 6 rings (SSSR count). The minimum Gasteiger partial charge on any atom is -0.507 e. The lowest BCUT2D eigenvalue weighted by molar-refractivity contribution is -0.171. The molecule has 0 amide bonds. The largest absolute Gasteiger partial charge is 0.507 e. The maximum absolute atomic E-state index is 14.2. The van der Waals surface area contributed by atoms with Crippen molar-refractivity contribution in [1.82, 2.24) is 4.90 Å². The average molecular weight is 494 g/mol. The molecule has 2 N–H and O–H groups in total. The molecule has 1 aromatic rings. The summed E-state index contributed by atoms with van der Waals surface area (Å²) >= 11 is 0. The number of ether oxygens (including phenoxy) is 2. The van der Waals surface area contributed by atoms with Crippen LogP contribution < -0.4 is 4.74 Å². The zero-order chi connectivity index (χ0) is 26.2. The van der Waals surface area contributed by atoms with Gasteiger partial charge >= 0.3 is 0 Å². The first-order chi connectivity index (χ1) is 16.9. The normalized spacial score (nSPS) is 31.5. The minimum absolute atomic E-state index is 0.0442. The molecule has 7 heteroatoms. The molecule has 2 heterocycles. The molecule has 7 nitrogen and oxygen atoms in total. The number of ketones is 2. The highest BCUT2D eigenvalue weighted by Gasteiger charge is 2.79. The van der Waals surface area contributed by atoms with E-state index in [0.29, 0.717) is 37.1 Å². The van der Waals surface area contributed by atoms with Crippen LogP contribution in [-0.2, 0) is 16.0 Å². The van der Waals surface area contributed by atoms with Crippen LogP contribution in [0.25, 0.3) is 0 Å². The maximum atomic E-state index is 14.2. The van der Waals surface area contributed by atoms with Gasteiger partial charge in [0, 0.05) is 42.0 Å². The Bertz CT molecular complexity index is 1250. The van der Waals surface area contributed by atoms with Crippen molar-refractivity contribution in [2.45, 2.75) is 51.7 Å². The molecule has 2 fully saturated rings. The van der Waals surface area contributed by atoms with Crippen molar-refractivity contribution in [2.75, 3.05) is 27.2 Å². The molecule has 1 spiro atoms. The fourth-order valence-corrected chi connectivity index (χ4v) is 6.65. The number of rotatable bonds is 6. The van der Waals surface area contributed by atoms with Crippen molar-refractivity contribution >= 4 is 11.6 Å². The number of phenolic OH excluding ortho intramolecular Hbond substituents is 2. The van der Waals surface area contributed by atoms with E-state index in [1.165, 1.54) is 6.07 Å². The molecule has 2 aliphatic heterocycles. The highest BCUT2D eigenvalue weighted by atomic mass is 16.6. The molecule has 4 bridgehead atoms. The first kappa shape index (κ1) is 24.8. The molecule has 36 heavy (non-hydrogen) atoms. The number of benzene rings is 1. The number of nitrogens with zero attached hydrogens (tertiary/aromatic N) is 1. The number of carbonyl (C=O) groups is 2. The van der Waals surface area contributed by atoms with Gasteiger partial charge in [-0.25, -0.2) is 0 Å². The summed E-state index contributed by atoms with van der Waals surface area (Å²) in [6, 6.07) is 1.21. The third-order valence-corrected chi connectivity index (χ3v) is 8.22. The number of carbonyl (C=O) groups excluding carboxylic acids is 2. The number of allylic oxidation sites excluding steroid dienone is 4. The Balaban J connectivity index is 1.78. The van der Waals surface area contributed by atoms with Gasteiger partial charge in [0.25, 0.3) is 0 Å². The molecule has 1 saturated heterocycles. The van der Waals surface area contributed by atoms with Crippen LogP contribution in [0.3, 0.4) is 0 Å². The fourth-order valence-electron chi connectivity index (χ4n) is 6.65. The summed E-state index contributed by atoms with van der Waals surface area (Å²) in [4.78, 5) is 30.3. The Morgan fingerprint density at radius 3 is 2.44 bits per heavy atom. The quantitative estimate of drug-likeness (QED) is 0.579. The van der Waals surface area contributed by atoms with Crippen LogP contribution in [0.4, 0.5) is 0 Å². The molecule has 192 valence electrons. The van der Waals surface area contributed by atoms with Crippen LogP contribution in [0.2, 0.25) is 0 Å². The van der Waals surface area contributed by atoms with E-state index in [4.69, 9.17) is 9.47 Å². The molecule has 0 aromatic heterocycles.